The molecule has 0 fully saturated rings. The summed E-state index contributed by atoms with van der Waals surface area (Å²) in [7, 11) is 0. The molecule has 12 heavy (non-hydrogen) atoms. The van der Waals surface area contributed by atoms with Gasteiger partial charge in [-0.1, -0.05) is 30.0 Å². The molecule has 1 nitrogen and oxygen atoms in total. The summed E-state index contributed by atoms with van der Waals surface area (Å²) in [5, 5.41) is 1.99. The van der Waals surface area contributed by atoms with Crippen molar-refractivity contribution in [3.05, 3.63) is 41.4 Å². The maximum atomic E-state index is 4.09. The van der Waals surface area contributed by atoms with Crippen LogP contribution in [0.15, 0.2) is 45.8 Å². The van der Waals surface area contributed by atoms with E-state index in [-0.39, 0.29) is 40.6 Å². The molecule has 0 amide bonds. The smallest absolute Gasteiger partial charge is 1.00 e. The fourth-order valence-electron chi connectivity index (χ4n) is 0.957. The van der Waals surface area contributed by atoms with Crippen molar-refractivity contribution in [3.8, 4) is 0 Å². The zero-order chi connectivity index (χ0) is 7.52. The molecule has 0 atom stereocenters. The molecule has 2 rings (SSSR count). The predicted molar refractivity (Wildman–Crippen MR) is 57.0 cm³/mol. The Bertz CT molecular complexity index is 328. The molecule has 1 aromatic carbocycles. The van der Waals surface area contributed by atoms with Crippen LogP contribution in [0.3, 0.4) is 0 Å². The van der Waals surface area contributed by atoms with Gasteiger partial charge in [0.1, 0.15) is 0 Å². The third kappa shape index (κ3) is 2.36. The van der Waals surface area contributed by atoms with Gasteiger partial charge >= 0.3 is 37.7 Å². The van der Waals surface area contributed by atoms with Crippen molar-refractivity contribution in [1.29, 1.82) is 0 Å². The average Bonchev–Trinajstić information content (AvgIpc) is 2.28. The largest absolute Gasteiger partial charge is 2.00 e. The summed E-state index contributed by atoms with van der Waals surface area (Å²) in [5.41, 5.74) is 1.20. The average molecular weight is 203 g/mol. The minimum Gasteiger partial charge on any atom is -1.00 e. The molecule has 1 aliphatic rings. The number of rotatable bonds is 0. The fourth-order valence-corrected chi connectivity index (χ4v) is 1.65. The predicted octanol–water partition coefficient (Wildman–Crippen LogP) is 2.53. The first-order valence-electron chi connectivity index (χ1n) is 3.41. The van der Waals surface area contributed by atoms with E-state index in [9.17, 15) is 0 Å². The van der Waals surface area contributed by atoms with Gasteiger partial charge in [-0.25, -0.2) is 0 Å². The summed E-state index contributed by atoms with van der Waals surface area (Å²) < 4.78 is 0. The Kier molecular flexibility index (Phi) is 4.36. The number of nitrogens with zero attached hydrogens (tertiary/aromatic N) is 1. The molecule has 0 spiro atoms. The molecule has 1 heterocycles. The Morgan fingerprint density at radius 3 is 3.00 bits per heavy atom. The molecule has 58 valence electrons. The Morgan fingerprint density at radius 2 is 2.08 bits per heavy atom. The quantitative estimate of drug-likeness (QED) is 0.590. The number of thioether (sulfide) groups is 1. The summed E-state index contributed by atoms with van der Waals surface area (Å²) in [6.07, 6.45) is 3.69. The van der Waals surface area contributed by atoms with Crippen molar-refractivity contribution >= 4 is 55.7 Å². The Labute approximate surface area is 109 Å². The summed E-state index contributed by atoms with van der Waals surface area (Å²) in [6, 6.07) is 8.23. The molecule has 0 aliphatic carbocycles. The van der Waals surface area contributed by atoms with Crippen LogP contribution in [0, 0.1) is 0 Å². The van der Waals surface area contributed by atoms with Crippen LogP contribution in [0.5, 0.6) is 0 Å². The summed E-state index contributed by atoms with van der Waals surface area (Å²) >= 11 is 1.70. The molecule has 0 unspecified atom stereocenters. The van der Waals surface area contributed by atoms with Crippen LogP contribution in [0.4, 0.5) is 0 Å². The van der Waals surface area contributed by atoms with E-state index in [1.807, 2.05) is 30.0 Å². The fraction of sp³-hybridized carbons (Fsp3) is 0. The Hall–Kier alpha value is 0.240. The van der Waals surface area contributed by atoms with Gasteiger partial charge in [-0.2, -0.15) is 0 Å². The van der Waals surface area contributed by atoms with E-state index >= 15 is 0 Å². The number of aliphatic imine (C=N–C) groups is 1. The van der Waals surface area contributed by atoms with E-state index in [4.69, 9.17) is 0 Å². The van der Waals surface area contributed by atoms with Gasteiger partial charge in [0.05, 0.1) is 0 Å². The second-order valence-electron chi connectivity index (χ2n) is 2.22. The van der Waals surface area contributed by atoms with Crippen molar-refractivity contribution in [2.24, 2.45) is 4.99 Å². The van der Waals surface area contributed by atoms with Crippen molar-refractivity contribution < 1.29 is 2.85 Å². The molecule has 3 heteroatoms. The van der Waals surface area contributed by atoms with E-state index in [0.717, 1.165) is 0 Å². The Balaban J connectivity index is 0. The van der Waals surface area contributed by atoms with Crippen molar-refractivity contribution in [2.75, 3.05) is 0 Å². The maximum Gasteiger partial charge on any atom is 2.00 e. The molecular weight excluding hydrogens is 194 g/mol. The van der Waals surface area contributed by atoms with Crippen LogP contribution in [-0.2, 0) is 0 Å². The van der Waals surface area contributed by atoms with Crippen LogP contribution in [0.1, 0.15) is 8.42 Å². The number of benzene rings is 1. The third-order valence-electron chi connectivity index (χ3n) is 1.47. The van der Waals surface area contributed by atoms with Crippen LogP contribution < -0.4 is 0 Å². The minimum absolute atomic E-state index is 0. The van der Waals surface area contributed by atoms with E-state index in [1.165, 1.54) is 10.5 Å². The normalized spacial score (nSPS) is 13.0. The van der Waals surface area contributed by atoms with Crippen molar-refractivity contribution in [3.63, 3.8) is 0 Å². The Morgan fingerprint density at radius 1 is 1.25 bits per heavy atom. The first kappa shape index (κ1) is 10.3. The molecule has 0 saturated carbocycles. The molecular formula is C9H9CaNS. The molecule has 1 aliphatic heterocycles. The van der Waals surface area contributed by atoms with Gasteiger partial charge in [0.25, 0.3) is 0 Å². The minimum atomic E-state index is 0. The topological polar surface area (TPSA) is 12.4 Å². The van der Waals surface area contributed by atoms with Gasteiger partial charge in [-0.15, -0.1) is 0 Å². The second kappa shape index (κ2) is 5.07. The van der Waals surface area contributed by atoms with E-state index < -0.39 is 0 Å². The standard InChI is InChI=1S/C9H7NS.Ca.2H/c1-2-4-9-8(3-1)7-10-5-6-11-9;;;/h1-7H;;;/q;+2;2*-1. The van der Waals surface area contributed by atoms with Gasteiger partial charge in [-0.3, -0.25) is 4.99 Å². The SMILES string of the molecule is C1=CSc2ccccc2C=N1.[Ca+2].[H-].[H-]. The van der Waals surface area contributed by atoms with Crippen LogP contribution in [-0.4, -0.2) is 44.0 Å². The zero-order valence-electron chi connectivity index (χ0n) is 8.60. The van der Waals surface area contributed by atoms with Crippen LogP contribution in [0.2, 0.25) is 0 Å². The van der Waals surface area contributed by atoms with Crippen molar-refractivity contribution in [2.45, 2.75) is 4.90 Å². The van der Waals surface area contributed by atoms with Gasteiger partial charge in [-0.05, 0) is 11.5 Å². The van der Waals surface area contributed by atoms with E-state index in [0.29, 0.717) is 0 Å². The molecule has 0 N–H and O–H groups in total. The maximum absolute atomic E-state index is 4.09. The van der Waals surface area contributed by atoms with E-state index in [1.54, 1.807) is 11.8 Å². The van der Waals surface area contributed by atoms with Crippen molar-refractivity contribution in [1.82, 2.24) is 0 Å². The monoisotopic (exact) mass is 203 g/mol. The first-order chi connectivity index (χ1) is 5.47. The van der Waals surface area contributed by atoms with Crippen LogP contribution >= 0.6 is 11.8 Å². The number of hydrogen-bond donors (Lipinski definition) is 0. The molecule has 0 saturated heterocycles. The van der Waals surface area contributed by atoms with Crippen LogP contribution in [0.25, 0.3) is 0 Å². The van der Waals surface area contributed by atoms with Gasteiger partial charge < -0.3 is 2.85 Å². The van der Waals surface area contributed by atoms with E-state index in [2.05, 4.69) is 17.1 Å². The molecule has 1 aromatic rings. The van der Waals surface area contributed by atoms with Gasteiger partial charge in [0, 0.05) is 22.9 Å². The third-order valence-corrected chi connectivity index (χ3v) is 2.36. The molecule has 0 bridgehead atoms. The zero-order valence-corrected chi connectivity index (χ0v) is 9.63. The number of fused-ring (bicyclic) bond motifs is 1. The molecule has 0 radical (unpaired) electrons. The van der Waals surface area contributed by atoms with Gasteiger partial charge in [0.2, 0.25) is 0 Å². The van der Waals surface area contributed by atoms with Gasteiger partial charge in [0.15, 0.2) is 0 Å². The molecule has 0 aromatic heterocycles. The first-order valence-corrected chi connectivity index (χ1v) is 4.29. The second-order valence-corrected chi connectivity index (χ2v) is 3.17. The summed E-state index contributed by atoms with van der Waals surface area (Å²) in [5.74, 6) is 0. The summed E-state index contributed by atoms with van der Waals surface area (Å²) in [4.78, 5) is 5.35. The summed E-state index contributed by atoms with van der Waals surface area (Å²) in [6.45, 7) is 0. The number of hydrogen-bond acceptors (Lipinski definition) is 2.